The lowest BCUT2D eigenvalue weighted by atomic mass is 9.79. The lowest BCUT2D eigenvalue weighted by Crippen LogP contribution is -2.38. The summed E-state index contributed by atoms with van der Waals surface area (Å²) in [6.07, 6.45) is 1.35. The first-order valence-electron chi connectivity index (χ1n) is 4.23. The molecule has 5 heteroatoms. The molecule has 4 nitrogen and oxygen atoms in total. The highest BCUT2D eigenvalue weighted by Gasteiger charge is 2.49. The molecule has 13 heavy (non-hydrogen) atoms. The summed E-state index contributed by atoms with van der Waals surface area (Å²) in [4.78, 5) is 22.3. The van der Waals surface area contributed by atoms with Crippen LogP contribution in [0.2, 0.25) is 0 Å². The van der Waals surface area contributed by atoms with Crippen LogP contribution in [-0.4, -0.2) is 21.9 Å². The van der Waals surface area contributed by atoms with Crippen LogP contribution in [0.15, 0.2) is 0 Å². The quantitative estimate of drug-likeness (QED) is 0.427. The molecule has 1 aliphatic carbocycles. The molecule has 72 valence electrons. The van der Waals surface area contributed by atoms with E-state index in [2.05, 4.69) is 22.6 Å². The Balaban J connectivity index is 2.22. The van der Waals surface area contributed by atoms with Crippen LogP contribution < -0.4 is 5.73 Å². The van der Waals surface area contributed by atoms with Crippen LogP contribution in [0.1, 0.15) is 12.8 Å². The number of hydrogen-bond donors (Lipinski definition) is 1. The van der Waals surface area contributed by atoms with Crippen LogP contribution in [0.4, 0.5) is 0 Å². The number of halogens is 1. The van der Waals surface area contributed by atoms with Gasteiger partial charge in [-0.15, -0.1) is 0 Å². The van der Waals surface area contributed by atoms with Gasteiger partial charge in [0.05, 0.1) is 11.8 Å². The summed E-state index contributed by atoms with van der Waals surface area (Å²) in [6.45, 7) is 0. The first-order valence-corrected chi connectivity index (χ1v) is 5.48. The molecule has 1 amide bonds. The molecule has 0 aromatic heterocycles. The van der Waals surface area contributed by atoms with Crippen molar-refractivity contribution in [3.8, 4) is 0 Å². The number of esters is 1. The molecule has 0 spiro atoms. The van der Waals surface area contributed by atoms with Gasteiger partial charge in [0.1, 0.15) is 6.10 Å². The van der Waals surface area contributed by atoms with Gasteiger partial charge in [-0.25, -0.2) is 0 Å². The normalized spacial score (nSPS) is 43.0. The number of primary amides is 1. The zero-order valence-corrected chi connectivity index (χ0v) is 9.06. The van der Waals surface area contributed by atoms with Gasteiger partial charge in [-0.3, -0.25) is 9.59 Å². The molecule has 2 rings (SSSR count). The van der Waals surface area contributed by atoms with Gasteiger partial charge in [-0.1, -0.05) is 22.6 Å². The molecule has 0 aromatic carbocycles. The number of rotatable bonds is 1. The van der Waals surface area contributed by atoms with Crippen molar-refractivity contribution in [1.29, 1.82) is 0 Å². The second-order valence-corrected chi connectivity index (χ2v) is 5.18. The number of carbonyl (C=O) groups excluding carboxylic acids is 2. The predicted molar refractivity (Wildman–Crippen MR) is 53.1 cm³/mol. The van der Waals surface area contributed by atoms with Gasteiger partial charge in [-0.05, 0) is 12.8 Å². The number of nitrogens with two attached hydrogens (primary N) is 1. The van der Waals surface area contributed by atoms with E-state index in [9.17, 15) is 9.59 Å². The van der Waals surface area contributed by atoms with E-state index in [4.69, 9.17) is 10.5 Å². The first kappa shape index (κ1) is 9.23. The largest absolute Gasteiger partial charge is 0.461 e. The topological polar surface area (TPSA) is 69.4 Å². The standard InChI is InChI=1S/C8H10INO3/c9-5-1-3(7(10)11)4-2-6(5)13-8(4)12/h3-6H,1-2H2,(H2,10,11)/t3-,4-,5-,6+/m0/s1. The number of hydrogen-bond acceptors (Lipinski definition) is 3. The maximum atomic E-state index is 11.3. The highest BCUT2D eigenvalue weighted by atomic mass is 127. The highest BCUT2D eigenvalue weighted by molar-refractivity contribution is 14.1. The van der Waals surface area contributed by atoms with E-state index in [1.165, 1.54) is 0 Å². The van der Waals surface area contributed by atoms with Crippen LogP contribution in [0.5, 0.6) is 0 Å². The maximum absolute atomic E-state index is 11.3. The molecule has 2 fully saturated rings. The second-order valence-electron chi connectivity index (χ2n) is 3.58. The van der Waals surface area contributed by atoms with E-state index in [1.807, 2.05) is 0 Å². The number of alkyl halides is 1. The van der Waals surface area contributed by atoms with Crippen molar-refractivity contribution < 1.29 is 14.3 Å². The third kappa shape index (κ3) is 1.43. The molecule has 2 aliphatic rings. The average molecular weight is 295 g/mol. The smallest absolute Gasteiger partial charge is 0.310 e. The Kier molecular flexibility index (Phi) is 2.21. The number of carbonyl (C=O) groups is 2. The lowest BCUT2D eigenvalue weighted by molar-refractivity contribution is -0.145. The van der Waals surface area contributed by atoms with Crippen molar-refractivity contribution in [3.05, 3.63) is 0 Å². The summed E-state index contributed by atoms with van der Waals surface area (Å²) >= 11 is 2.22. The minimum atomic E-state index is -0.371. The van der Waals surface area contributed by atoms with Crippen LogP contribution in [0.3, 0.4) is 0 Å². The second kappa shape index (κ2) is 3.11. The van der Waals surface area contributed by atoms with E-state index in [0.29, 0.717) is 12.8 Å². The Labute approximate surface area is 89.3 Å². The Morgan fingerprint density at radius 1 is 1.54 bits per heavy atom. The van der Waals surface area contributed by atoms with Crippen molar-refractivity contribution in [3.63, 3.8) is 0 Å². The maximum Gasteiger partial charge on any atom is 0.310 e. The molecule has 1 heterocycles. The van der Waals surface area contributed by atoms with E-state index >= 15 is 0 Å². The zero-order valence-electron chi connectivity index (χ0n) is 6.90. The molecule has 1 aliphatic heterocycles. The molecule has 4 atom stereocenters. The van der Waals surface area contributed by atoms with E-state index in [1.54, 1.807) is 0 Å². The van der Waals surface area contributed by atoms with Gasteiger partial charge < -0.3 is 10.5 Å². The van der Waals surface area contributed by atoms with E-state index in [-0.39, 0.29) is 33.7 Å². The van der Waals surface area contributed by atoms with Crippen molar-refractivity contribution in [2.45, 2.75) is 22.9 Å². The Morgan fingerprint density at radius 2 is 2.23 bits per heavy atom. The van der Waals surface area contributed by atoms with E-state index < -0.39 is 0 Å². The third-order valence-corrected chi connectivity index (χ3v) is 4.10. The fourth-order valence-corrected chi connectivity index (χ4v) is 3.04. The van der Waals surface area contributed by atoms with Gasteiger partial charge in [0.2, 0.25) is 5.91 Å². The van der Waals surface area contributed by atoms with Crippen molar-refractivity contribution in [2.24, 2.45) is 17.6 Å². The number of ether oxygens (including phenoxy) is 1. The first-order chi connectivity index (χ1) is 6.09. The number of amides is 1. The molecule has 0 aromatic rings. The zero-order chi connectivity index (χ0) is 9.59. The SMILES string of the molecule is NC(=O)[C@H]1C[C@H](I)[C@H]2C[C@@H]1C(=O)O2. The third-order valence-electron chi connectivity index (χ3n) is 2.79. The molecule has 0 radical (unpaired) electrons. The van der Waals surface area contributed by atoms with Gasteiger partial charge in [0, 0.05) is 3.92 Å². The van der Waals surface area contributed by atoms with Crippen LogP contribution >= 0.6 is 22.6 Å². The molecular formula is C8H10INO3. The Bertz CT molecular complexity index is 268. The highest BCUT2D eigenvalue weighted by Crippen LogP contribution is 2.41. The minimum absolute atomic E-state index is 0.00806. The summed E-state index contributed by atoms with van der Waals surface area (Å²) in [7, 11) is 0. The summed E-state index contributed by atoms with van der Waals surface area (Å²) < 4.78 is 5.36. The molecule has 2 N–H and O–H groups in total. The summed E-state index contributed by atoms with van der Waals surface area (Å²) in [5, 5.41) is 0. The lowest BCUT2D eigenvalue weighted by Gasteiger charge is -2.26. The van der Waals surface area contributed by atoms with Crippen molar-refractivity contribution in [1.82, 2.24) is 0 Å². The molecule has 2 bridgehead atoms. The van der Waals surface area contributed by atoms with E-state index in [0.717, 1.165) is 0 Å². The van der Waals surface area contributed by atoms with Crippen molar-refractivity contribution >= 4 is 34.5 Å². The van der Waals surface area contributed by atoms with Crippen molar-refractivity contribution in [2.75, 3.05) is 0 Å². The molecule has 1 saturated heterocycles. The summed E-state index contributed by atoms with van der Waals surface area (Å²) in [6, 6.07) is 0. The average Bonchev–Trinajstić information content (AvgIpc) is 2.37. The summed E-state index contributed by atoms with van der Waals surface area (Å²) in [5.41, 5.74) is 5.23. The Morgan fingerprint density at radius 3 is 2.85 bits per heavy atom. The van der Waals surface area contributed by atoms with Crippen LogP contribution in [0.25, 0.3) is 0 Å². The summed E-state index contributed by atoms with van der Waals surface area (Å²) in [5.74, 6) is -1.20. The van der Waals surface area contributed by atoms with Crippen LogP contribution in [-0.2, 0) is 14.3 Å². The predicted octanol–water partition coefficient (Wildman–Crippen LogP) is 0.227. The number of fused-ring (bicyclic) bond motifs is 2. The van der Waals surface area contributed by atoms with Crippen LogP contribution in [0, 0.1) is 11.8 Å². The van der Waals surface area contributed by atoms with Gasteiger partial charge in [0.25, 0.3) is 0 Å². The van der Waals surface area contributed by atoms with Gasteiger partial charge >= 0.3 is 5.97 Å². The van der Waals surface area contributed by atoms with Gasteiger partial charge in [-0.2, -0.15) is 0 Å². The fraction of sp³-hybridized carbons (Fsp3) is 0.750. The van der Waals surface area contributed by atoms with Gasteiger partial charge in [0.15, 0.2) is 0 Å². The monoisotopic (exact) mass is 295 g/mol. The molecular weight excluding hydrogens is 285 g/mol. The minimum Gasteiger partial charge on any atom is -0.461 e. The molecule has 0 unspecified atom stereocenters. The fourth-order valence-electron chi connectivity index (χ4n) is 2.05. The Hall–Kier alpha value is -0.330. The molecule has 1 saturated carbocycles.